The molecule has 0 aromatic heterocycles. The van der Waals surface area contributed by atoms with Gasteiger partial charge in [0.1, 0.15) is 0 Å². The number of aliphatic hydroxyl groups is 2. The van der Waals surface area contributed by atoms with Crippen molar-refractivity contribution in [2.24, 2.45) is 0 Å². The van der Waals surface area contributed by atoms with Crippen molar-refractivity contribution in [1.82, 2.24) is 0 Å². The molecule has 0 bridgehead atoms. The van der Waals surface area contributed by atoms with Crippen LogP contribution in [0.15, 0.2) is 0 Å². The molecule has 126 valence electrons. The number of hydrogen-bond donors (Lipinski definition) is 5. The summed E-state index contributed by atoms with van der Waals surface area (Å²) in [6, 6.07) is 0. The first kappa shape index (κ1) is 25.8. The minimum atomic E-state index is -2.74. The van der Waals surface area contributed by atoms with Gasteiger partial charge in [-0.05, 0) is 0 Å². The van der Waals surface area contributed by atoms with E-state index in [0.29, 0.717) is 0 Å². The second-order valence-corrected chi connectivity index (χ2v) is 3.89. The van der Waals surface area contributed by atoms with Gasteiger partial charge in [-0.1, -0.05) is 0 Å². The smallest absolute Gasteiger partial charge is 0.550 e. The van der Waals surface area contributed by atoms with Crippen molar-refractivity contribution in [2.75, 3.05) is 0 Å². The first-order valence-electron chi connectivity index (χ1n) is 5.30. The van der Waals surface area contributed by atoms with E-state index >= 15 is 0 Å². The van der Waals surface area contributed by atoms with Gasteiger partial charge in [0.05, 0.1) is 24.9 Å². The van der Waals surface area contributed by atoms with Gasteiger partial charge in [-0.3, -0.25) is 9.59 Å². The van der Waals surface area contributed by atoms with Crippen LogP contribution in [0.25, 0.3) is 0 Å². The average molecular weight is 390 g/mol. The van der Waals surface area contributed by atoms with Crippen LogP contribution in [0.1, 0.15) is 19.3 Å². The van der Waals surface area contributed by atoms with Gasteiger partial charge in [0.25, 0.3) is 0 Å². The van der Waals surface area contributed by atoms with Crippen molar-refractivity contribution in [3.63, 3.8) is 0 Å². The van der Waals surface area contributed by atoms with Gasteiger partial charge < -0.3 is 45.3 Å². The molecular formula is C10H12O12Zn. The third kappa shape index (κ3) is 13.3. The molecule has 0 aromatic rings. The summed E-state index contributed by atoms with van der Waals surface area (Å²) in [6.45, 7) is 0. The molecule has 1 atom stereocenters. The van der Waals surface area contributed by atoms with Crippen molar-refractivity contribution in [2.45, 2.75) is 31.0 Å². The Labute approximate surface area is 140 Å². The summed E-state index contributed by atoms with van der Waals surface area (Å²) < 4.78 is 0. The van der Waals surface area contributed by atoms with Crippen LogP contribution in [-0.2, 0) is 43.5 Å². The van der Waals surface area contributed by atoms with Gasteiger partial charge in [0.2, 0.25) is 0 Å². The predicted molar refractivity (Wildman–Crippen MR) is 57.7 cm³/mol. The van der Waals surface area contributed by atoms with Crippen LogP contribution in [0.4, 0.5) is 0 Å². The molecule has 0 aliphatic carbocycles. The number of aliphatic hydroxyl groups excluding tert-OH is 1. The molecule has 12 nitrogen and oxygen atoms in total. The van der Waals surface area contributed by atoms with E-state index in [9.17, 15) is 34.2 Å². The first-order valence-corrected chi connectivity index (χ1v) is 5.30. The van der Waals surface area contributed by atoms with Gasteiger partial charge in [-0.25, -0.2) is 4.79 Å². The van der Waals surface area contributed by atoms with E-state index < -0.39 is 60.8 Å². The van der Waals surface area contributed by atoms with Crippen LogP contribution in [-0.4, -0.2) is 67.1 Å². The number of carboxylic acid groups (broad SMARTS) is 5. The Morgan fingerprint density at radius 2 is 1.26 bits per heavy atom. The van der Waals surface area contributed by atoms with E-state index in [1.807, 2.05) is 0 Å². The largest absolute Gasteiger partial charge is 2.00 e. The monoisotopic (exact) mass is 388 g/mol. The molecule has 0 amide bonds. The maximum atomic E-state index is 10.3. The molecule has 0 aromatic carbocycles. The minimum absolute atomic E-state index is 0. The Kier molecular flexibility index (Phi) is 12.9. The molecular weight excluding hydrogens is 377 g/mol. The molecule has 13 heteroatoms. The minimum Gasteiger partial charge on any atom is -0.550 e. The fraction of sp³-hybridized carbons (Fsp3) is 0.500. The molecule has 1 unspecified atom stereocenters. The third-order valence-electron chi connectivity index (χ3n) is 1.92. The molecule has 0 heterocycles. The van der Waals surface area contributed by atoms with Crippen LogP contribution >= 0.6 is 0 Å². The fourth-order valence-electron chi connectivity index (χ4n) is 0.955. The van der Waals surface area contributed by atoms with Crippen molar-refractivity contribution < 1.29 is 79.2 Å². The summed E-state index contributed by atoms with van der Waals surface area (Å²) in [4.78, 5) is 49.6. The van der Waals surface area contributed by atoms with Crippen molar-refractivity contribution in [1.29, 1.82) is 0 Å². The van der Waals surface area contributed by atoms with E-state index in [1.165, 1.54) is 0 Å². The number of carbonyl (C=O) groups excluding carboxylic acids is 2. The zero-order valence-electron chi connectivity index (χ0n) is 11.5. The predicted octanol–water partition coefficient (Wildman–Crippen LogP) is -5.01. The van der Waals surface area contributed by atoms with Gasteiger partial charge >= 0.3 is 37.4 Å². The van der Waals surface area contributed by atoms with Gasteiger partial charge in [0.15, 0.2) is 5.60 Å². The SMILES string of the molecule is O=C(O)CC(O)(CC(=O)O)C(=O)O.O=C([O-])CC(O)C(=O)[O-].[Zn+2]. The molecule has 0 spiro atoms. The molecule has 0 saturated heterocycles. The van der Waals surface area contributed by atoms with Crippen LogP contribution in [0.3, 0.4) is 0 Å². The van der Waals surface area contributed by atoms with Gasteiger partial charge in [0, 0.05) is 12.4 Å². The van der Waals surface area contributed by atoms with Crippen LogP contribution in [0.2, 0.25) is 0 Å². The normalized spacial score (nSPS) is 11.0. The summed E-state index contributed by atoms with van der Waals surface area (Å²) in [5.74, 6) is -8.44. The summed E-state index contributed by atoms with van der Waals surface area (Å²) >= 11 is 0. The van der Waals surface area contributed by atoms with E-state index in [0.717, 1.165) is 0 Å². The summed E-state index contributed by atoms with van der Waals surface area (Å²) in [5.41, 5.74) is -2.74. The number of aliphatic carboxylic acids is 5. The summed E-state index contributed by atoms with van der Waals surface area (Å²) in [6.07, 6.45) is -5.18. The van der Waals surface area contributed by atoms with Crippen LogP contribution < -0.4 is 10.2 Å². The maximum Gasteiger partial charge on any atom is 2.00 e. The first-order chi connectivity index (χ1) is 9.81. The van der Waals surface area contributed by atoms with Crippen LogP contribution in [0.5, 0.6) is 0 Å². The molecule has 0 aliphatic heterocycles. The van der Waals surface area contributed by atoms with Crippen molar-refractivity contribution >= 4 is 29.8 Å². The van der Waals surface area contributed by atoms with Gasteiger partial charge in [-0.2, -0.15) is 0 Å². The molecule has 5 N–H and O–H groups in total. The Morgan fingerprint density at radius 3 is 1.39 bits per heavy atom. The molecule has 0 rings (SSSR count). The van der Waals surface area contributed by atoms with E-state index in [2.05, 4.69) is 0 Å². The number of rotatable bonds is 8. The Hall–Kier alpha value is -2.11. The van der Waals surface area contributed by atoms with Crippen molar-refractivity contribution in [3.05, 3.63) is 0 Å². The topological polar surface area (TPSA) is 233 Å². The zero-order chi connectivity index (χ0) is 18.1. The number of carboxylic acids is 5. The Morgan fingerprint density at radius 1 is 0.913 bits per heavy atom. The van der Waals surface area contributed by atoms with Crippen LogP contribution in [0, 0.1) is 0 Å². The average Bonchev–Trinajstić information content (AvgIpc) is 2.25. The second kappa shape index (κ2) is 11.5. The summed E-state index contributed by atoms with van der Waals surface area (Å²) in [5, 5.41) is 61.2. The van der Waals surface area contributed by atoms with E-state index in [4.69, 9.17) is 25.5 Å². The Balaban J connectivity index is -0.000000354. The summed E-state index contributed by atoms with van der Waals surface area (Å²) in [7, 11) is 0. The maximum absolute atomic E-state index is 10.3. The zero-order valence-corrected chi connectivity index (χ0v) is 14.5. The second-order valence-electron chi connectivity index (χ2n) is 3.89. The number of hydrogen-bond acceptors (Lipinski definition) is 9. The molecule has 0 aliphatic rings. The van der Waals surface area contributed by atoms with E-state index in [1.54, 1.807) is 0 Å². The Bertz CT molecular complexity index is 443. The quantitative estimate of drug-likeness (QED) is 0.245. The number of carbonyl (C=O) groups is 5. The molecule has 0 radical (unpaired) electrons. The third-order valence-corrected chi connectivity index (χ3v) is 1.92. The standard InChI is InChI=1S/C6H8O7.C4H6O5.Zn/c7-3(8)1-6(13,5(11)12)2-4(9)10;5-2(4(8)9)1-3(6)7;/h13H,1-2H2,(H,7,8)(H,9,10)(H,11,12);2,5H,1H2,(H,6,7)(H,8,9);/q;;+2/p-2. The van der Waals surface area contributed by atoms with Crippen molar-refractivity contribution in [3.8, 4) is 0 Å². The molecule has 23 heavy (non-hydrogen) atoms. The molecule has 0 saturated carbocycles. The fourth-order valence-corrected chi connectivity index (χ4v) is 0.955. The van der Waals surface area contributed by atoms with E-state index in [-0.39, 0.29) is 19.5 Å². The molecule has 0 fully saturated rings. The van der Waals surface area contributed by atoms with Gasteiger partial charge in [-0.15, -0.1) is 0 Å².